The first-order valence-corrected chi connectivity index (χ1v) is 23.2. The second kappa shape index (κ2) is 17.6. The van der Waals surface area contributed by atoms with E-state index in [0.29, 0.717) is 12.1 Å². The zero-order chi connectivity index (χ0) is 39.6. The molecule has 4 atom stereocenters. The first-order valence-electron chi connectivity index (χ1n) is 20.6. The van der Waals surface area contributed by atoms with Crippen LogP contribution in [0, 0.1) is 25.7 Å². The van der Waals surface area contributed by atoms with E-state index in [2.05, 4.69) is 46.1 Å². The number of aryl methyl sites for hydroxylation is 2. The number of rotatable bonds is 4. The Hall–Kier alpha value is -2.78. The van der Waals surface area contributed by atoms with Gasteiger partial charge in [-0.1, -0.05) is 25.7 Å². The maximum Gasteiger partial charge on any atom is 0.498 e. The van der Waals surface area contributed by atoms with Crippen molar-refractivity contribution in [2.24, 2.45) is 11.8 Å². The molecule has 0 spiro atoms. The van der Waals surface area contributed by atoms with E-state index in [-0.39, 0.29) is 30.1 Å². The lowest BCUT2D eigenvalue weighted by atomic mass is 9.78. The van der Waals surface area contributed by atoms with Crippen molar-refractivity contribution in [1.82, 2.24) is 30.2 Å². The molecular weight excluding hydrogens is 807 g/mol. The molecule has 302 valence electrons. The van der Waals surface area contributed by atoms with Crippen molar-refractivity contribution in [3.05, 3.63) is 61.6 Å². The van der Waals surface area contributed by atoms with Gasteiger partial charge in [0.25, 0.3) is 11.8 Å². The number of thiophene rings is 2. The van der Waals surface area contributed by atoms with Crippen molar-refractivity contribution in [2.75, 3.05) is 13.1 Å². The molecule has 0 bridgehead atoms. The molecule has 2 N–H and O–H groups in total. The summed E-state index contributed by atoms with van der Waals surface area (Å²) < 4.78 is 12.9. The predicted molar refractivity (Wildman–Crippen MR) is 230 cm³/mol. The molecule has 10 nitrogen and oxygen atoms in total. The van der Waals surface area contributed by atoms with Gasteiger partial charge >= 0.3 is 7.12 Å². The summed E-state index contributed by atoms with van der Waals surface area (Å²) in [5.74, 6) is 1.97. The van der Waals surface area contributed by atoms with Crippen LogP contribution in [-0.2, 0) is 9.31 Å². The van der Waals surface area contributed by atoms with E-state index in [9.17, 15) is 9.59 Å². The number of H-pyrrole nitrogens is 2. The number of piperidine rings is 2. The van der Waals surface area contributed by atoms with Gasteiger partial charge in [0.05, 0.1) is 32.3 Å². The van der Waals surface area contributed by atoms with Gasteiger partial charge in [0.15, 0.2) is 0 Å². The molecule has 56 heavy (non-hydrogen) atoms. The van der Waals surface area contributed by atoms with E-state index in [1.165, 1.54) is 70.6 Å². The van der Waals surface area contributed by atoms with Gasteiger partial charge in [-0.3, -0.25) is 19.8 Å². The first-order chi connectivity index (χ1) is 26.8. The van der Waals surface area contributed by atoms with Crippen LogP contribution in [0.4, 0.5) is 0 Å². The zero-order valence-electron chi connectivity index (χ0n) is 33.9. The Morgan fingerprint density at radius 2 is 1.23 bits per heavy atom. The minimum Gasteiger partial charge on any atom is -0.399 e. The van der Waals surface area contributed by atoms with E-state index in [4.69, 9.17) is 9.31 Å². The lowest BCUT2D eigenvalue weighted by molar-refractivity contribution is 0.00578. The van der Waals surface area contributed by atoms with Crippen LogP contribution in [0.5, 0.6) is 0 Å². The molecule has 3 aliphatic heterocycles. The van der Waals surface area contributed by atoms with E-state index in [1.807, 2.05) is 70.6 Å². The number of aromatic amines is 2. The number of nitrogens with one attached hydrogen (secondary N) is 2. The number of nitrogens with zero attached hydrogens (tertiary/aromatic N) is 4. The topological polar surface area (TPSA) is 116 Å². The van der Waals surface area contributed by atoms with Crippen molar-refractivity contribution in [2.45, 2.75) is 142 Å². The van der Waals surface area contributed by atoms with Gasteiger partial charge in [-0.2, -0.15) is 10.2 Å². The van der Waals surface area contributed by atoms with E-state index in [0.717, 1.165) is 73.6 Å². The number of halogens is 1. The lowest BCUT2D eigenvalue weighted by Gasteiger charge is -2.44. The maximum atomic E-state index is 13.0. The molecule has 2 aliphatic carbocycles. The highest BCUT2D eigenvalue weighted by Gasteiger charge is 2.52. The van der Waals surface area contributed by atoms with Crippen LogP contribution in [-0.4, -0.2) is 85.5 Å². The van der Waals surface area contributed by atoms with Gasteiger partial charge in [-0.15, -0.1) is 22.7 Å². The summed E-state index contributed by atoms with van der Waals surface area (Å²) in [6.07, 6.45) is 18.8. The largest absolute Gasteiger partial charge is 0.498 e. The summed E-state index contributed by atoms with van der Waals surface area (Å²) in [5, 5.41) is 17.9. The highest BCUT2D eigenvalue weighted by Crippen LogP contribution is 2.39. The second-order valence-corrected chi connectivity index (χ2v) is 20.5. The Morgan fingerprint density at radius 3 is 1.73 bits per heavy atom. The minimum atomic E-state index is -0.311. The van der Waals surface area contributed by atoms with Crippen molar-refractivity contribution >= 4 is 63.0 Å². The van der Waals surface area contributed by atoms with Crippen molar-refractivity contribution < 1.29 is 18.9 Å². The quantitative estimate of drug-likeness (QED) is 0.198. The van der Waals surface area contributed by atoms with Gasteiger partial charge in [0.1, 0.15) is 0 Å². The minimum absolute atomic E-state index is 0.227. The monoisotopic (exact) mass is 864 g/mol. The molecule has 9 rings (SSSR count). The Balaban J connectivity index is 0.000000132. The van der Waals surface area contributed by atoms with Crippen LogP contribution in [0.25, 0.3) is 10.4 Å². The Morgan fingerprint density at radius 1 is 0.732 bits per heavy atom. The summed E-state index contributed by atoms with van der Waals surface area (Å²) in [7, 11) is -0.311. The third kappa shape index (κ3) is 8.94. The summed E-state index contributed by atoms with van der Waals surface area (Å²) in [5.41, 5.74) is 5.25. The van der Waals surface area contributed by atoms with Gasteiger partial charge in [0, 0.05) is 69.4 Å². The Kier molecular flexibility index (Phi) is 13.0. The number of hydrogen-bond donors (Lipinski definition) is 2. The van der Waals surface area contributed by atoms with Crippen molar-refractivity contribution in [1.29, 1.82) is 0 Å². The van der Waals surface area contributed by atoms with Crippen LogP contribution < -0.4 is 5.46 Å². The third-order valence-electron chi connectivity index (χ3n) is 13.1. The van der Waals surface area contributed by atoms with Crippen LogP contribution >= 0.6 is 38.6 Å². The highest BCUT2D eigenvalue weighted by atomic mass is 79.9. The molecule has 4 unspecified atom stereocenters. The van der Waals surface area contributed by atoms with Crippen LogP contribution in [0.15, 0.2) is 39.1 Å². The molecule has 2 saturated carbocycles. The fourth-order valence-corrected chi connectivity index (χ4v) is 11.3. The molecule has 0 aromatic carbocycles. The molecule has 2 amide bonds. The van der Waals surface area contributed by atoms with Gasteiger partial charge < -0.3 is 19.1 Å². The van der Waals surface area contributed by atoms with Crippen molar-refractivity contribution in [3.63, 3.8) is 0 Å². The fourth-order valence-electron chi connectivity index (χ4n) is 9.26. The summed E-state index contributed by atoms with van der Waals surface area (Å²) in [6.45, 7) is 14.0. The van der Waals surface area contributed by atoms with Crippen LogP contribution in [0.2, 0.25) is 0 Å². The molecule has 5 fully saturated rings. The number of carbonyl (C=O) groups is 2. The number of likely N-dealkylation sites (tertiary alicyclic amines) is 2. The van der Waals surface area contributed by atoms with E-state index < -0.39 is 0 Å². The first kappa shape index (κ1) is 41.4. The number of fused-ring (bicyclic) bond motifs is 2. The number of amides is 2. The molecule has 14 heteroatoms. The molecule has 3 saturated heterocycles. The van der Waals surface area contributed by atoms with Crippen molar-refractivity contribution in [3.8, 4) is 10.4 Å². The Labute approximate surface area is 349 Å². The standard InChI is InChI=1S/C18H23N3OS.C14H18BrNOS.C10H17BN2O2/c1-12-15(10-19-20-12)17-9-14(11-23-17)18(22)21-8-4-6-13-5-2-3-7-16(13)21;15-13-8-11(9-18-13)14(17)16-7-3-5-10-4-1-2-6-12(10)16;1-7-8(6-12-13-7)11-14-9(2,3)10(4,5)15-11/h9-11,13,16H,2-8H2,1H3,(H,19,20);8-10,12H,1-7H2;6H,1-5H3,(H,12,13). The zero-order valence-corrected chi connectivity index (χ0v) is 37.1. The molecular formula is C42H58BBrN6O4S2. The number of aromatic nitrogens is 4. The average Bonchev–Trinajstić information content (AvgIpc) is 4.04. The molecule has 5 aliphatic rings. The predicted octanol–water partition coefficient (Wildman–Crippen LogP) is 9.56. The number of carbonyl (C=O) groups excluding carboxylic acids is 2. The fraction of sp³-hybridized carbons (Fsp3) is 0.619. The summed E-state index contributed by atoms with van der Waals surface area (Å²) >= 11 is 6.67. The molecule has 4 aromatic heterocycles. The van der Waals surface area contributed by atoms with E-state index in [1.54, 1.807) is 28.9 Å². The SMILES string of the molecule is Cc1[nH]ncc1-c1cc(C(=O)N2CCCC3CCCCC32)cs1.Cc1[nH]ncc1B1OC(C)(C)C(C)(C)O1.O=C(c1csc(Br)c1)N1CCCC2CCCCC21. The third-order valence-corrected chi connectivity index (χ3v) is 15.6. The van der Waals surface area contributed by atoms with Gasteiger partial charge in [-0.05, 0) is 133 Å². The van der Waals surface area contributed by atoms with Gasteiger partial charge in [0.2, 0.25) is 0 Å². The number of hydrogen-bond acceptors (Lipinski definition) is 8. The van der Waals surface area contributed by atoms with E-state index >= 15 is 0 Å². The molecule has 0 radical (unpaired) electrons. The maximum absolute atomic E-state index is 13.0. The summed E-state index contributed by atoms with van der Waals surface area (Å²) in [4.78, 5) is 31.1. The lowest BCUT2D eigenvalue weighted by Crippen LogP contribution is -2.49. The van der Waals surface area contributed by atoms with Gasteiger partial charge in [-0.25, -0.2) is 0 Å². The smallest absolute Gasteiger partial charge is 0.399 e. The van der Waals surface area contributed by atoms with Crippen LogP contribution in [0.1, 0.15) is 137 Å². The second-order valence-electron chi connectivity index (χ2n) is 17.3. The normalized spacial score (nSPS) is 25.3. The molecule has 4 aromatic rings. The Bertz CT molecular complexity index is 1930. The highest BCUT2D eigenvalue weighted by molar-refractivity contribution is 9.11. The average molecular weight is 866 g/mol. The van der Waals surface area contributed by atoms with Crippen LogP contribution in [0.3, 0.4) is 0 Å². The summed E-state index contributed by atoms with van der Waals surface area (Å²) in [6, 6.07) is 4.99. The molecule has 7 heterocycles.